The van der Waals surface area contributed by atoms with Crippen LogP contribution in [0.1, 0.15) is 22.5 Å². The first-order valence-electron chi connectivity index (χ1n) is 5.79. The van der Waals surface area contributed by atoms with Crippen molar-refractivity contribution in [2.45, 2.75) is 18.9 Å². The fourth-order valence-electron chi connectivity index (χ4n) is 1.93. The highest BCUT2D eigenvalue weighted by Crippen LogP contribution is 2.30. The number of anilines is 2. The topological polar surface area (TPSA) is 79.2 Å². The zero-order valence-electron chi connectivity index (χ0n) is 9.88. The van der Waals surface area contributed by atoms with E-state index in [-0.39, 0.29) is 5.91 Å². The second-order valence-corrected chi connectivity index (χ2v) is 5.20. The first-order valence-corrected chi connectivity index (χ1v) is 6.61. The molecular weight excluding hydrogens is 236 g/mol. The summed E-state index contributed by atoms with van der Waals surface area (Å²) in [5.41, 5.74) is 6.37. The number of nitrogens with two attached hydrogens (primary N) is 1. The van der Waals surface area contributed by atoms with Crippen LogP contribution in [0.5, 0.6) is 0 Å². The van der Waals surface area contributed by atoms with E-state index in [1.807, 2.05) is 6.07 Å². The second kappa shape index (κ2) is 5.37. The maximum absolute atomic E-state index is 11.5. The van der Waals surface area contributed by atoms with Gasteiger partial charge in [-0.25, -0.2) is 0 Å². The van der Waals surface area contributed by atoms with Crippen LogP contribution in [0.4, 0.5) is 10.7 Å². The summed E-state index contributed by atoms with van der Waals surface area (Å²) in [4.78, 5) is 12.1. The second-order valence-electron chi connectivity index (χ2n) is 4.14. The third-order valence-electron chi connectivity index (χ3n) is 2.88. The maximum atomic E-state index is 11.5. The maximum Gasteiger partial charge on any atom is 0.263 e. The van der Waals surface area contributed by atoms with E-state index in [1.54, 1.807) is 7.05 Å². The normalized spacial score (nSPS) is 16.8. The predicted octanol–water partition coefficient (Wildman–Crippen LogP) is 0.854. The predicted molar refractivity (Wildman–Crippen MR) is 71.6 cm³/mol. The molecule has 0 unspecified atom stereocenters. The highest BCUT2D eigenvalue weighted by Gasteiger charge is 2.17. The average Bonchev–Trinajstić information content (AvgIpc) is 2.70. The smallest absolute Gasteiger partial charge is 0.263 e. The highest BCUT2D eigenvalue weighted by molar-refractivity contribution is 7.18. The minimum absolute atomic E-state index is 0.120. The van der Waals surface area contributed by atoms with Gasteiger partial charge in [0.05, 0.1) is 10.7 Å². The fourth-order valence-corrected chi connectivity index (χ4v) is 2.94. The lowest BCUT2D eigenvalue weighted by Gasteiger charge is -2.23. The van der Waals surface area contributed by atoms with Crippen LogP contribution in [0.15, 0.2) is 6.07 Å². The van der Waals surface area contributed by atoms with Crippen molar-refractivity contribution in [1.29, 1.82) is 0 Å². The highest BCUT2D eigenvalue weighted by atomic mass is 32.1. The molecule has 1 aromatic rings. The van der Waals surface area contributed by atoms with Gasteiger partial charge in [-0.05, 0) is 32.0 Å². The van der Waals surface area contributed by atoms with Crippen LogP contribution < -0.4 is 21.7 Å². The number of amides is 1. The van der Waals surface area contributed by atoms with Crippen LogP contribution in [0.25, 0.3) is 0 Å². The molecule has 0 saturated carbocycles. The molecule has 1 aliphatic rings. The van der Waals surface area contributed by atoms with Crippen LogP contribution >= 0.6 is 11.3 Å². The molecule has 2 heterocycles. The molecule has 0 spiro atoms. The molecular formula is C11H18N4OS. The van der Waals surface area contributed by atoms with E-state index in [0.29, 0.717) is 16.6 Å². The van der Waals surface area contributed by atoms with E-state index in [4.69, 9.17) is 5.73 Å². The number of carbonyl (C=O) groups excluding carboxylic acids is 1. The number of rotatable bonds is 3. The number of hydrogen-bond donors (Lipinski definition) is 4. The Kier molecular flexibility index (Phi) is 3.86. The minimum atomic E-state index is -0.120. The Morgan fingerprint density at radius 1 is 1.53 bits per heavy atom. The van der Waals surface area contributed by atoms with Crippen molar-refractivity contribution in [2.24, 2.45) is 0 Å². The zero-order chi connectivity index (χ0) is 12.3. The van der Waals surface area contributed by atoms with Crippen LogP contribution in [-0.2, 0) is 0 Å². The van der Waals surface area contributed by atoms with Gasteiger partial charge >= 0.3 is 0 Å². The Balaban J connectivity index is 2.03. The van der Waals surface area contributed by atoms with Crippen LogP contribution in [0.3, 0.4) is 0 Å². The molecule has 0 aliphatic carbocycles. The quantitative estimate of drug-likeness (QED) is 0.645. The Bertz CT molecular complexity index is 398. The first kappa shape index (κ1) is 12.2. The van der Waals surface area contributed by atoms with Crippen molar-refractivity contribution in [3.8, 4) is 0 Å². The fraction of sp³-hybridized carbons (Fsp3) is 0.545. The molecule has 6 heteroatoms. The Morgan fingerprint density at radius 2 is 2.24 bits per heavy atom. The van der Waals surface area contributed by atoms with Gasteiger partial charge in [-0.1, -0.05) is 0 Å². The summed E-state index contributed by atoms with van der Waals surface area (Å²) in [6, 6.07) is 2.32. The zero-order valence-corrected chi connectivity index (χ0v) is 10.7. The van der Waals surface area contributed by atoms with E-state index in [1.165, 1.54) is 11.3 Å². The number of carbonyl (C=O) groups is 1. The molecule has 17 heavy (non-hydrogen) atoms. The first-order chi connectivity index (χ1) is 8.20. The standard InChI is InChI=1S/C11H18N4OS/c1-13-11(16)10-8(12)6-9(17-10)15-7-2-4-14-5-3-7/h6-7,14-15H,2-5,12H2,1H3,(H,13,16). The molecule has 1 aliphatic heterocycles. The molecule has 1 amide bonds. The van der Waals surface area contributed by atoms with Gasteiger partial charge in [0.15, 0.2) is 0 Å². The SMILES string of the molecule is CNC(=O)c1sc(NC2CCNCC2)cc1N. The van der Waals surface area contributed by atoms with E-state index < -0.39 is 0 Å². The van der Waals surface area contributed by atoms with E-state index in [2.05, 4.69) is 16.0 Å². The van der Waals surface area contributed by atoms with Crippen LogP contribution in [0.2, 0.25) is 0 Å². The van der Waals surface area contributed by atoms with E-state index in [0.717, 1.165) is 30.9 Å². The molecule has 2 rings (SSSR count). The number of thiophene rings is 1. The molecule has 1 saturated heterocycles. The van der Waals surface area contributed by atoms with Crippen molar-refractivity contribution in [1.82, 2.24) is 10.6 Å². The van der Waals surface area contributed by atoms with Gasteiger partial charge in [-0.3, -0.25) is 4.79 Å². The summed E-state index contributed by atoms with van der Waals surface area (Å²) in [6.45, 7) is 2.08. The molecule has 1 fully saturated rings. The minimum Gasteiger partial charge on any atom is -0.397 e. The Labute approximate surface area is 105 Å². The van der Waals surface area contributed by atoms with Gasteiger partial charge < -0.3 is 21.7 Å². The van der Waals surface area contributed by atoms with Gasteiger partial charge in [0.1, 0.15) is 4.88 Å². The van der Waals surface area contributed by atoms with Crippen LogP contribution in [-0.4, -0.2) is 32.1 Å². The lowest BCUT2D eigenvalue weighted by atomic mass is 10.1. The van der Waals surface area contributed by atoms with Crippen molar-refractivity contribution < 1.29 is 4.79 Å². The molecule has 5 nitrogen and oxygen atoms in total. The summed E-state index contributed by atoms with van der Waals surface area (Å²) < 4.78 is 0. The van der Waals surface area contributed by atoms with Gasteiger partial charge in [-0.15, -0.1) is 11.3 Å². The summed E-state index contributed by atoms with van der Waals surface area (Å²) in [5, 5.41) is 10.3. The molecule has 1 aromatic heterocycles. The molecule has 94 valence electrons. The number of nitrogen functional groups attached to an aromatic ring is 1. The third kappa shape index (κ3) is 2.89. The third-order valence-corrected chi connectivity index (χ3v) is 3.96. The largest absolute Gasteiger partial charge is 0.397 e. The molecule has 0 atom stereocenters. The van der Waals surface area contributed by atoms with E-state index in [9.17, 15) is 4.79 Å². The van der Waals surface area contributed by atoms with Crippen molar-refractivity contribution in [3.63, 3.8) is 0 Å². The van der Waals surface area contributed by atoms with Gasteiger partial charge in [0, 0.05) is 13.1 Å². The van der Waals surface area contributed by atoms with Crippen molar-refractivity contribution >= 4 is 27.9 Å². The number of hydrogen-bond acceptors (Lipinski definition) is 5. The molecule has 5 N–H and O–H groups in total. The van der Waals surface area contributed by atoms with Crippen molar-refractivity contribution in [2.75, 3.05) is 31.2 Å². The van der Waals surface area contributed by atoms with Crippen molar-refractivity contribution in [3.05, 3.63) is 10.9 Å². The summed E-state index contributed by atoms with van der Waals surface area (Å²) in [5.74, 6) is -0.120. The summed E-state index contributed by atoms with van der Waals surface area (Å²) >= 11 is 1.42. The molecule has 0 radical (unpaired) electrons. The van der Waals surface area contributed by atoms with Gasteiger partial charge in [0.25, 0.3) is 5.91 Å². The van der Waals surface area contributed by atoms with Gasteiger partial charge in [-0.2, -0.15) is 0 Å². The Morgan fingerprint density at radius 3 is 2.88 bits per heavy atom. The van der Waals surface area contributed by atoms with Crippen LogP contribution in [0, 0.1) is 0 Å². The lowest BCUT2D eigenvalue weighted by molar-refractivity contribution is 0.0968. The van der Waals surface area contributed by atoms with E-state index >= 15 is 0 Å². The Hall–Kier alpha value is -1.27. The average molecular weight is 254 g/mol. The van der Waals surface area contributed by atoms with Gasteiger partial charge in [0.2, 0.25) is 0 Å². The number of nitrogens with one attached hydrogen (secondary N) is 3. The number of piperidine rings is 1. The monoisotopic (exact) mass is 254 g/mol. The lowest BCUT2D eigenvalue weighted by Crippen LogP contribution is -2.35. The molecule has 0 bridgehead atoms. The molecule has 0 aromatic carbocycles. The summed E-state index contributed by atoms with van der Waals surface area (Å²) in [7, 11) is 1.61. The summed E-state index contributed by atoms with van der Waals surface area (Å²) in [6.07, 6.45) is 2.21.